The molecule has 1 atom stereocenters. The number of ether oxygens (including phenoxy) is 1. The number of rotatable bonds is 3. The summed E-state index contributed by atoms with van der Waals surface area (Å²) in [5.74, 6) is -0.777. The van der Waals surface area contributed by atoms with Crippen molar-refractivity contribution in [2.24, 2.45) is 5.73 Å². The second-order valence-corrected chi connectivity index (χ2v) is 5.90. The van der Waals surface area contributed by atoms with Crippen molar-refractivity contribution in [2.45, 2.75) is 25.1 Å². The highest BCUT2D eigenvalue weighted by atomic mass is 19.4. The molecule has 0 spiro atoms. The maximum Gasteiger partial charge on any atom is 0.434 e. The lowest BCUT2D eigenvalue weighted by Gasteiger charge is -2.30. The Kier molecular flexibility index (Phi) is 4.81. The zero-order valence-corrected chi connectivity index (χ0v) is 13.9. The minimum atomic E-state index is -4.80. The van der Waals surface area contributed by atoms with Crippen molar-refractivity contribution in [1.29, 1.82) is 0 Å². The van der Waals surface area contributed by atoms with Gasteiger partial charge in [0.25, 0.3) is 5.91 Å². The van der Waals surface area contributed by atoms with Crippen LogP contribution in [-0.2, 0) is 6.18 Å². The normalized spacial score (nSPS) is 18.0. The van der Waals surface area contributed by atoms with E-state index in [-0.39, 0.29) is 24.3 Å². The molecule has 0 aromatic carbocycles. The fourth-order valence-corrected chi connectivity index (χ4v) is 2.85. The lowest BCUT2D eigenvalue weighted by molar-refractivity contribution is -0.143. The van der Waals surface area contributed by atoms with Gasteiger partial charge in [0.15, 0.2) is 11.5 Å². The Morgan fingerprint density at radius 3 is 2.69 bits per heavy atom. The van der Waals surface area contributed by atoms with Crippen LogP contribution in [0, 0.1) is 0 Å². The number of nitrogens with two attached hydrogens (primary N) is 1. The van der Waals surface area contributed by atoms with Gasteiger partial charge in [-0.1, -0.05) is 0 Å². The summed E-state index contributed by atoms with van der Waals surface area (Å²) in [4.78, 5) is 13.9. The Morgan fingerprint density at radius 2 is 2.12 bits per heavy atom. The zero-order chi connectivity index (χ0) is 18.9. The molecule has 0 bridgehead atoms. The SMILES string of the molecule is COc1ccc(-n2ncc(C(=O)N3CCC[C@H](N)C3)c2C(F)(F)F)nn1. The first-order valence-corrected chi connectivity index (χ1v) is 7.89. The van der Waals surface area contributed by atoms with E-state index < -0.39 is 23.3 Å². The molecule has 0 unspecified atom stereocenters. The average Bonchev–Trinajstić information content (AvgIpc) is 3.06. The summed E-state index contributed by atoms with van der Waals surface area (Å²) in [5, 5.41) is 11.0. The number of piperidine rings is 1. The molecule has 1 fully saturated rings. The van der Waals surface area contributed by atoms with Crippen LogP contribution >= 0.6 is 0 Å². The largest absolute Gasteiger partial charge is 0.480 e. The molecule has 1 aliphatic rings. The summed E-state index contributed by atoms with van der Waals surface area (Å²) < 4.78 is 46.3. The molecule has 26 heavy (non-hydrogen) atoms. The Hall–Kier alpha value is -2.69. The molecule has 1 saturated heterocycles. The van der Waals surface area contributed by atoms with E-state index in [1.807, 2.05) is 0 Å². The summed E-state index contributed by atoms with van der Waals surface area (Å²) in [6.07, 6.45) is -2.53. The molecule has 2 aromatic heterocycles. The van der Waals surface area contributed by atoms with Gasteiger partial charge < -0.3 is 15.4 Å². The third-order valence-electron chi connectivity index (χ3n) is 4.07. The molecular formula is C15H17F3N6O2. The first kappa shape index (κ1) is 18.1. The number of likely N-dealkylation sites (tertiary alicyclic amines) is 1. The van der Waals surface area contributed by atoms with Crippen molar-refractivity contribution in [1.82, 2.24) is 24.9 Å². The third-order valence-corrected chi connectivity index (χ3v) is 4.07. The number of nitrogens with zero attached hydrogens (tertiary/aromatic N) is 5. The molecule has 0 aliphatic carbocycles. The Bertz CT molecular complexity index is 790. The molecule has 1 aliphatic heterocycles. The van der Waals surface area contributed by atoms with Gasteiger partial charge in [-0.3, -0.25) is 4.79 Å². The first-order chi connectivity index (χ1) is 12.3. The Balaban J connectivity index is 2.01. The van der Waals surface area contributed by atoms with E-state index in [1.165, 1.54) is 24.1 Å². The van der Waals surface area contributed by atoms with Crippen molar-refractivity contribution in [3.05, 3.63) is 29.6 Å². The quantitative estimate of drug-likeness (QED) is 0.873. The second kappa shape index (κ2) is 6.90. The summed E-state index contributed by atoms with van der Waals surface area (Å²) in [5.41, 5.74) is 4.09. The molecule has 2 aromatic rings. The zero-order valence-electron chi connectivity index (χ0n) is 13.9. The molecule has 8 nitrogen and oxygen atoms in total. The van der Waals surface area contributed by atoms with E-state index in [4.69, 9.17) is 10.5 Å². The second-order valence-electron chi connectivity index (χ2n) is 5.90. The summed E-state index contributed by atoms with van der Waals surface area (Å²) in [6.45, 7) is 0.570. The van der Waals surface area contributed by atoms with Gasteiger partial charge in [0.2, 0.25) is 5.88 Å². The van der Waals surface area contributed by atoms with Crippen molar-refractivity contribution in [3.63, 3.8) is 0 Å². The number of amides is 1. The van der Waals surface area contributed by atoms with Crippen LogP contribution < -0.4 is 10.5 Å². The van der Waals surface area contributed by atoms with E-state index in [0.29, 0.717) is 17.6 Å². The molecule has 0 saturated carbocycles. The molecule has 0 radical (unpaired) electrons. The minimum absolute atomic E-state index is 0.146. The topological polar surface area (TPSA) is 99.2 Å². The van der Waals surface area contributed by atoms with Crippen LogP contribution in [0.2, 0.25) is 0 Å². The predicted octanol–water partition coefficient (Wildman–Crippen LogP) is 1.25. The molecule has 3 rings (SSSR count). The van der Waals surface area contributed by atoms with Gasteiger partial charge in [0.1, 0.15) is 0 Å². The number of halogens is 3. The van der Waals surface area contributed by atoms with Gasteiger partial charge in [-0.15, -0.1) is 10.2 Å². The van der Waals surface area contributed by atoms with Crippen LogP contribution in [0.1, 0.15) is 28.9 Å². The number of carbonyl (C=O) groups excluding carboxylic acids is 1. The fourth-order valence-electron chi connectivity index (χ4n) is 2.85. The molecule has 11 heteroatoms. The monoisotopic (exact) mass is 370 g/mol. The van der Waals surface area contributed by atoms with Crippen molar-refractivity contribution in [3.8, 4) is 11.7 Å². The highest BCUT2D eigenvalue weighted by Crippen LogP contribution is 2.34. The van der Waals surface area contributed by atoms with Crippen LogP contribution in [0.4, 0.5) is 13.2 Å². The molecule has 3 heterocycles. The highest BCUT2D eigenvalue weighted by Gasteiger charge is 2.42. The van der Waals surface area contributed by atoms with Crippen molar-refractivity contribution < 1.29 is 22.7 Å². The van der Waals surface area contributed by atoms with Crippen LogP contribution in [-0.4, -0.2) is 57.0 Å². The number of carbonyl (C=O) groups is 1. The van der Waals surface area contributed by atoms with E-state index in [0.717, 1.165) is 12.6 Å². The molecular weight excluding hydrogens is 353 g/mol. The number of methoxy groups -OCH3 is 1. The lowest BCUT2D eigenvalue weighted by Crippen LogP contribution is -2.46. The van der Waals surface area contributed by atoms with Crippen LogP contribution in [0.3, 0.4) is 0 Å². The third kappa shape index (κ3) is 3.47. The summed E-state index contributed by atoms with van der Waals surface area (Å²) in [6, 6.07) is 2.39. The fraction of sp³-hybridized carbons (Fsp3) is 0.467. The minimum Gasteiger partial charge on any atom is -0.480 e. The maximum absolute atomic E-state index is 13.6. The van der Waals surface area contributed by atoms with Crippen molar-refractivity contribution >= 4 is 5.91 Å². The van der Waals surface area contributed by atoms with Gasteiger partial charge >= 0.3 is 6.18 Å². The van der Waals surface area contributed by atoms with Crippen molar-refractivity contribution in [2.75, 3.05) is 20.2 Å². The molecule has 2 N–H and O–H groups in total. The van der Waals surface area contributed by atoms with E-state index >= 15 is 0 Å². The maximum atomic E-state index is 13.6. The van der Waals surface area contributed by atoms with Gasteiger partial charge in [-0.2, -0.15) is 18.3 Å². The predicted molar refractivity (Wildman–Crippen MR) is 83.8 cm³/mol. The Labute approximate surface area is 146 Å². The summed E-state index contributed by atoms with van der Waals surface area (Å²) >= 11 is 0. The van der Waals surface area contributed by atoms with Crippen LogP contribution in [0.25, 0.3) is 5.82 Å². The van der Waals surface area contributed by atoms with Gasteiger partial charge in [0, 0.05) is 25.2 Å². The van der Waals surface area contributed by atoms with Gasteiger partial charge in [-0.25, -0.2) is 4.68 Å². The van der Waals surface area contributed by atoms with Crippen LogP contribution in [0.5, 0.6) is 5.88 Å². The van der Waals surface area contributed by atoms with Crippen LogP contribution in [0.15, 0.2) is 18.3 Å². The smallest absolute Gasteiger partial charge is 0.434 e. The number of hydrogen-bond donors (Lipinski definition) is 1. The number of alkyl halides is 3. The molecule has 140 valence electrons. The number of hydrogen-bond acceptors (Lipinski definition) is 6. The number of aromatic nitrogens is 4. The van der Waals surface area contributed by atoms with Gasteiger partial charge in [-0.05, 0) is 18.9 Å². The Morgan fingerprint density at radius 1 is 1.35 bits per heavy atom. The highest BCUT2D eigenvalue weighted by molar-refractivity contribution is 5.95. The standard InChI is InChI=1S/C15H17F3N6O2/c1-26-12-5-4-11(21-22-12)24-13(15(16,17)18)10(7-20-24)14(25)23-6-2-3-9(19)8-23/h4-5,7,9H,2-3,6,8,19H2,1H3/t9-/m0/s1. The van der Waals surface area contributed by atoms with E-state index in [9.17, 15) is 18.0 Å². The van der Waals surface area contributed by atoms with E-state index in [2.05, 4.69) is 15.3 Å². The summed E-state index contributed by atoms with van der Waals surface area (Å²) in [7, 11) is 1.36. The average molecular weight is 370 g/mol. The van der Waals surface area contributed by atoms with E-state index in [1.54, 1.807) is 0 Å². The molecule has 1 amide bonds. The first-order valence-electron chi connectivity index (χ1n) is 7.89. The van der Waals surface area contributed by atoms with Gasteiger partial charge in [0.05, 0.1) is 18.9 Å². The lowest BCUT2D eigenvalue weighted by atomic mass is 10.1.